The highest BCUT2D eigenvalue weighted by Crippen LogP contribution is 2.25. The van der Waals surface area contributed by atoms with E-state index < -0.39 is 10.8 Å². The zero-order chi connectivity index (χ0) is 13.0. The van der Waals surface area contributed by atoms with Gasteiger partial charge in [-0.1, -0.05) is 22.0 Å². The number of hydrogen-bond donors (Lipinski definition) is 0. The van der Waals surface area contributed by atoms with E-state index in [2.05, 4.69) is 20.7 Å². The van der Waals surface area contributed by atoms with Crippen molar-refractivity contribution in [1.82, 2.24) is 0 Å². The summed E-state index contributed by atoms with van der Waals surface area (Å²) in [7, 11) is 1.24. The maximum absolute atomic E-state index is 11.5. The summed E-state index contributed by atoms with van der Waals surface area (Å²) >= 11 is 3.22. The lowest BCUT2D eigenvalue weighted by atomic mass is 10.0. The lowest BCUT2D eigenvalue weighted by molar-refractivity contribution is -0.116. The third-order valence-electron chi connectivity index (χ3n) is 2.22. The first-order chi connectivity index (χ1) is 8.01. The number of nitrogens with zero attached hydrogens (tertiary/aromatic N) is 1. The molecular weight excluding hydrogens is 286 g/mol. The highest BCUT2D eigenvalue weighted by molar-refractivity contribution is 9.09. The Balaban J connectivity index is 3.28. The fraction of sp³-hybridized carbons (Fsp3) is 0.250. The molecule has 17 heavy (non-hydrogen) atoms. The summed E-state index contributed by atoms with van der Waals surface area (Å²) < 4.78 is 4.58. The second-order valence-electron chi connectivity index (χ2n) is 3.38. The number of rotatable bonds is 3. The largest absolute Gasteiger partial charge is 0.465 e. The van der Waals surface area contributed by atoms with Crippen LogP contribution in [-0.4, -0.2) is 18.9 Å². The smallest absolute Gasteiger partial charge is 0.339 e. The summed E-state index contributed by atoms with van der Waals surface area (Å²) in [6.07, 6.45) is 0. The van der Waals surface area contributed by atoms with Crippen molar-refractivity contribution in [2.45, 2.75) is 11.8 Å². The molecule has 0 aliphatic rings. The lowest BCUT2D eigenvalue weighted by Crippen LogP contribution is -2.07. The molecule has 0 bridgehead atoms. The molecule has 0 fully saturated rings. The number of benzene rings is 1. The van der Waals surface area contributed by atoms with Crippen LogP contribution >= 0.6 is 15.9 Å². The molecule has 1 aromatic carbocycles. The standard InChI is InChI=1S/C12H10BrNO3/c1-7(15)11(13)8-3-4-9(6-14)10(5-8)12(16)17-2/h3-5,11H,1-2H3. The fourth-order valence-corrected chi connectivity index (χ4v) is 1.62. The van der Waals surface area contributed by atoms with Gasteiger partial charge in [-0.3, -0.25) is 4.79 Å². The summed E-state index contributed by atoms with van der Waals surface area (Å²) in [5, 5.41) is 8.87. The number of nitriles is 1. The zero-order valence-corrected chi connectivity index (χ0v) is 10.9. The number of halogens is 1. The van der Waals surface area contributed by atoms with Gasteiger partial charge in [0.15, 0.2) is 0 Å². The molecule has 0 radical (unpaired) electrons. The van der Waals surface area contributed by atoms with Crippen LogP contribution < -0.4 is 0 Å². The van der Waals surface area contributed by atoms with E-state index in [1.165, 1.54) is 26.2 Å². The summed E-state index contributed by atoms with van der Waals surface area (Å²) in [4.78, 5) is 22.2. The van der Waals surface area contributed by atoms with Crippen LogP contribution in [-0.2, 0) is 9.53 Å². The molecule has 0 saturated heterocycles. The lowest BCUT2D eigenvalue weighted by Gasteiger charge is -2.09. The van der Waals surface area contributed by atoms with Crippen LogP contribution in [0.3, 0.4) is 0 Å². The molecule has 5 heteroatoms. The molecular formula is C12H10BrNO3. The molecule has 0 spiro atoms. The molecule has 0 saturated carbocycles. The molecule has 1 atom stereocenters. The maximum atomic E-state index is 11.5. The van der Waals surface area contributed by atoms with Crippen molar-refractivity contribution in [3.8, 4) is 6.07 Å². The number of alkyl halides is 1. The fourth-order valence-electron chi connectivity index (χ4n) is 1.33. The molecule has 0 aromatic heterocycles. The maximum Gasteiger partial charge on any atom is 0.339 e. The van der Waals surface area contributed by atoms with Gasteiger partial charge in [0.05, 0.1) is 23.1 Å². The molecule has 0 aliphatic carbocycles. The predicted octanol–water partition coefficient (Wildman–Crippen LogP) is 2.37. The quantitative estimate of drug-likeness (QED) is 0.634. The van der Waals surface area contributed by atoms with Gasteiger partial charge in [-0.25, -0.2) is 4.79 Å². The highest BCUT2D eigenvalue weighted by atomic mass is 79.9. The molecule has 0 N–H and O–H groups in total. The van der Waals surface area contributed by atoms with Gasteiger partial charge in [-0.2, -0.15) is 5.26 Å². The number of methoxy groups -OCH3 is 1. The number of ketones is 1. The van der Waals surface area contributed by atoms with E-state index in [0.717, 1.165) is 0 Å². The number of ether oxygens (including phenoxy) is 1. The monoisotopic (exact) mass is 295 g/mol. The van der Waals surface area contributed by atoms with Crippen molar-refractivity contribution in [3.63, 3.8) is 0 Å². The molecule has 0 heterocycles. The van der Waals surface area contributed by atoms with Gasteiger partial charge in [-0.15, -0.1) is 0 Å². The minimum absolute atomic E-state index is 0.0782. The summed E-state index contributed by atoms with van der Waals surface area (Å²) in [5.41, 5.74) is 1.01. The third kappa shape index (κ3) is 2.92. The molecule has 1 rings (SSSR count). The predicted molar refractivity (Wildman–Crippen MR) is 64.8 cm³/mol. The van der Waals surface area contributed by atoms with Crippen molar-refractivity contribution < 1.29 is 14.3 Å². The average Bonchev–Trinajstić information content (AvgIpc) is 2.35. The topological polar surface area (TPSA) is 67.2 Å². The normalized spacial score (nSPS) is 11.4. The van der Waals surface area contributed by atoms with Gasteiger partial charge in [0.2, 0.25) is 0 Å². The van der Waals surface area contributed by atoms with Gasteiger partial charge in [0.25, 0.3) is 0 Å². The van der Waals surface area contributed by atoms with Gasteiger partial charge >= 0.3 is 5.97 Å². The van der Waals surface area contributed by atoms with E-state index in [1.807, 2.05) is 6.07 Å². The molecule has 4 nitrogen and oxygen atoms in total. The van der Waals surface area contributed by atoms with Gasteiger partial charge in [0, 0.05) is 0 Å². The first-order valence-corrected chi connectivity index (χ1v) is 5.69. The van der Waals surface area contributed by atoms with Crippen LogP contribution in [0.25, 0.3) is 0 Å². The van der Waals surface area contributed by atoms with Crippen LogP contribution in [0.4, 0.5) is 0 Å². The number of esters is 1. The minimum atomic E-state index is -0.591. The zero-order valence-electron chi connectivity index (χ0n) is 9.36. The molecule has 0 amide bonds. The van der Waals surface area contributed by atoms with Crippen molar-refractivity contribution in [2.75, 3.05) is 7.11 Å². The van der Waals surface area contributed by atoms with Crippen molar-refractivity contribution in [3.05, 3.63) is 34.9 Å². The molecule has 1 unspecified atom stereocenters. The number of carbonyl (C=O) groups is 2. The van der Waals surface area contributed by atoms with E-state index >= 15 is 0 Å². The first kappa shape index (κ1) is 13.4. The Morgan fingerprint density at radius 1 is 1.47 bits per heavy atom. The number of Topliss-reactive ketones (excluding diaryl/α,β-unsaturated/α-hetero) is 1. The summed E-state index contributed by atoms with van der Waals surface area (Å²) in [6, 6.07) is 6.53. The highest BCUT2D eigenvalue weighted by Gasteiger charge is 2.18. The Hall–Kier alpha value is -1.67. The van der Waals surface area contributed by atoms with E-state index in [-0.39, 0.29) is 16.9 Å². The SMILES string of the molecule is COC(=O)c1cc(C(Br)C(C)=O)ccc1C#N. The Morgan fingerprint density at radius 3 is 2.59 bits per heavy atom. The average molecular weight is 296 g/mol. The van der Waals surface area contributed by atoms with Gasteiger partial charge in [0.1, 0.15) is 11.9 Å². The third-order valence-corrected chi connectivity index (χ3v) is 3.39. The van der Waals surface area contributed by atoms with E-state index in [9.17, 15) is 9.59 Å². The van der Waals surface area contributed by atoms with Crippen LogP contribution in [0.5, 0.6) is 0 Å². The van der Waals surface area contributed by atoms with E-state index in [0.29, 0.717) is 5.56 Å². The Morgan fingerprint density at radius 2 is 2.12 bits per heavy atom. The van der Waals surface area contributed by atoms with Crippen LogP contribution in [0.15, 0.2) is 18.2 Å². The Bertz CT molecular complexity index is 505. The molecule has 0 aliphatic heterocycles. The number of hydrogen-bond acceptors (Lipinski definition) is 4. The van der Waals surface area contributed by atoms with Crippen molar-refractivity contribution in [1.29, 1.82) is 5.26 Å². The van der Waals surface area contributed by atoms with Crippen LogP contribution in [0, 0.1) is 11.3 Å². The second kappa shape index (κ2) is 5.60. The Labute approximate surface area is 107 Å². The van der Waals surface area contributed by atoms with E-state index in [1.54, 1.807) is 6.07 Å². The summed E-state index contributed by atoms with van der Waals surface area (Å²) in [6.45, 7) is 1.44. The number of carbonyl (C=O) groups excluding carboxylic acids is 2. The summed E-state index contributed by atoms with van der Waals surface area (Å²) in [5.74, 6) is -0.669. The molecule has 88 valence electrons. The van der Waals surface area contributed by atoms with Gasteiger partial charge < -0.3 is 4.74 Å². The Kier molecular flexibility index (Phi) is 4.41. The molecule has 1 aromatic rings. The minimum Gasteiger partial charge on any atom is -0.465 e. The van der Waals surface area contributed by atoms with Crippen molar-refractivity contribution >= 4 is 27.7 Å². The van der Waals surface area contributed by atoms with E-state index in [4.69, 9.17) is 5.26 Å². The second-order valence-corrected chi connectivity index (χ2v) is 4.30. The van der Waals surface area contributed by atoms with Crippen LogP contribution in [0.2, 0.25) is 0 Å². The van der Waals surface area contributed by atoms with Gasteiger partial charge in [-0.05, 0) is 24.6 Å². The van der Waals surface area contributed by atoms with Crippen LogP contribution in [0.1, 0.15) is 33.2 Å². The first-order valence-electron chi connectivity index (χ1n) is 4.78. The van der Waals surface area contributed by atoms with Crippen molar-refractivity contribution in [2.24, 2.45) is 0 Å².